The maximum Gasteiger partial charge on any atom is 0.198 e. The second kappa shape index (κ2) is 7.37. The van der Waals surface area contributed by atoms with Crippen LogP contribution in [-0.2, 0) is 0 Å². The van der Waals surface area contributed by atoms with Gasteiger partial charge in [0.25, 0.3) is 0 Å². The monoisotopic (exact) mass is 401 g/mol. The van der Waals surface area contributed by atoms with E-state index in [1.165, 1.54) is 12.3 Å². The van der Waals surface area contributed by atoms with Crippen LogP contribution in [0.3, 0.4) is 0 Å². The molecule has 1 aliphatic carbocycles. The average molecular weight is 401 g/mol. The Hall–Kier alpha value is -3.54. The number of para-hydroxylation sites is 1. The number of hydrogen-bond donors (Lipinski definition) is 1. The number of pyridine rings is 1. The Labute approximate surface area is 172 Å². The van der Waals surface area contributed by atoms with Crippen LogP contribution < -0.4 is 0 Å². The summed E-state index contributed by atoms with van der Waals surface area (Å²) in [5.74, 6) is -0.968. The number of rotatable bonds is 4. The molecule has 0 bridgehead atoms. The molecule has 2 aromatic heterocycles. The molecule has 1 N–H and O–H groups in total. The van der Waals surface area contributed by atoms with Crippen LogP contribution in [0.1, 0.15) is 53.2 Å². The number of hydrogen-bond acceptors (Lipinski definition) is 4. The molecule has 2 aromatic carbocycles. The van der Waals surface area contributed by atoms with E-state index in [1.54, 1.807) is 6.07 Å². The van der Waals surface area contributed by atoms with E-state index in [9.17, 15) is 14.3 Å². The van der Waals surface area contributed by atoms with Gasteiger partial charge in [-0.15, -0.1) is 0 Å². The number of nitrogens with zero attached hydrogens (tertiary/aromatic N) is 3. The number of carbonyl (C=O) groups excluding carboxylic acids is 1. The average Bonchev–Trinajstić information content (AvgIpc) is 3.43. The normalized spacial score (nSPS) is 14.4. The van der Waals surface area contributed by atoms with Crippen molar-refractivity contribution in [2.24, 2.45) is 0 Å². The van der Waals surface area contributed by atoms with Gasteiger partial charge in [0, 0.05) is 23.1 Å². The first kappa shape index (κ1) is 18.5. The van der Waals surface area contributed by atoms with E-state index < -0.39 is 11.6 Å². The molecule has 0 amide bonds. The summed E-state index contributed by atoms with van der Waals surface area (Å²) < 4.78 is 15.5. The number of aromatic hydroxyl groups is 1. The van der Waals surface area contributed by atoms with Gasteiger partial charge in [0.15, 0.2) is 11.4 Å². The summed E-state index contributed by atoms with van der Waals surface area (Å²) in [4.78, 5) is 17.5. The molecule has 6 heteroatoms. The van der Waals surface area contributed by atoms with E-state index in [-0.39, 0.29) is 11.3 Å². The van der Waals surface area contributed by atoms with Crippen LogP contribution in [-0.4, -0.2) is 25.7 Å². The number of phenolic OH excluding ortho intramolecular Hbond substituents is 1. The molecule has 2 heterocycles. The second-order valence-corrected chi connectivity index (χ2v) is 7.70. The molecule has 0 atom stereocenters. The van der Waals surface area contributed by atoms with Gasteiger partial charge in [-0.3, -0.25) is 4.79 Å². The number of carbonyl (C=O) groups is 1. The first-order valence-corrected chi connectivity index (χ1v) is 10.1. The van der Waals surface area contributed by atoms with E-state index >= 15 is 0 Å². The zero-order valence-electron chi connectivity index (χ0n) is 16.3. The van der Waals surface area contributed by atoms with Gasteiger partial charge in [-0.05, 0) is 49.2 Å². The van der Waals surface area contributed by atoms with Gasteiger partial charge >= 0.3 is 0 Å². The highest BCUT2D eigenvalue weighted by atomic mass is 19.1. The van der Waals surface area contributed by atoms with Crippen molar-refractivity contribution in [2.45, 2.75) is 31.6 Å². The smallest absolute Gasteiger partial charge is 0.198 e. The Morgan fingerprint density at radius 3 is 2.60 bits per heavy atom. The van der Waals surface area contributed by atoms with Gasteiger partial charge < -0.3 is 5.11 Å². The van der Waals surface area contributed by atoms with Crippen molar-refractivity contribution < 1.29 is 14.3 Å². The number of ketones is 1. The summed E-state index contributed by atoms with van der Waals surface area (Å²) in [5.41, 5.74) is 2.76. The first-order chi connectivity index (χ1) is 14.6. The van der Waals surface area contributed by atoms with Crippen LogP contribution in [0.15, 0.2) is 60.8 Å². The molecule has 0 radical (unpaired) electrons. The van der Waals surface area contributed by atoms with Crippen LogP contribution >= 0.6 is 0 Å². The largest absolute Gasteiger partial charge is 0.507 e. The molecular weight excluding hydrogens is 381 g/mol. The van der Waals surface area contributed by atoms with Crippen molar-refractivity contribution in [3.8, 4) is 11.4 Å². The third kappa shape index (κ3) is 3.14. The highest BCUT2D eigenvalue weighted by molar-refractivity contribution is 6.11. The first-order valence-electron chi connectivity index (χ1n) is 10.1. The lowest BCUT2D eigenvalue weighted by molar-refractivity contribution is 0.103. The SMILES string of the molecule is O=C(c1cnc2c(c1)c(C1CCCC1)nn2-c1ccccc1)c1cc(F)ccc1O. The predicted molar refractivity (Wildman–Crippen MR) is 112 cm³/mol. The van der Waals surface area contributed by atoms with E-state index in [4.69, 9.17) is 5.10 Å². The minimum absolute atomic E-state index is 0.0750. The molecule has 1 fully saturated rings. The second-order valence-electron chi connectivity index (χ2n) is 7.70. The van der Waals surface area contributed by atoms with Crippen molar-refractivity contribution in [1.82, 2.24) is 14.8 Å². The van der Waals surface area contributed by atoms with Gasteiger partial charge in [-0.2, -0.15) is 5.10 Å². The molecule has 30 heavy (non-hydrogen) atoms. The molecule has 0 saturated heterocycles. The van der Waals surface area contributed by atoms with E-state index in [2.05, 4.69) is 4.98 Å². The number of halogens is 1. The van der Waals surface area contributed by atoms with Crippen LogP contribution in [0.2, 0.25) is 0 Å². The van der Waals surface area contributed by atoms with Gasteiger partial charge in [-0.25, -0.2) is 14.1 Å². The van der Waals surface area contributed by atoms with Crippen LogP contribution in [0, 0.1) is 5.82 Å². The minimum Gasteiger partial charge on any atom is -0.507 e. The quantitative estimate of drug-likeness (QED) is 0.480. The van der Waals surface area contributed by atoms with E-state index in [0.29, 0.717) is 17.1 Å². The summed E-state index contributed by atoms with van der Waals surface area (Å²) in [7, 11) is 0. The minimum atomic E-state index is -0.575. The molecular formula is C24H20FN3O2. The number of fused-ring (bicyclic) bond motifs is 1. The Bertz CT molecular complexity index is 1240. The van der Waals surface area contributed by atoms with Crippen molar-refractivity contribution in [3.05, 3.63) is 83.4 Å². The van der Waals surface area contributed by atoms with Crippen molar-refractivity contribution in [1.29, 1.82) is 0 Å². The summed E-state index contributed by atoms with van der Waals surface area (Å²) in [5, 5.41) is 15.7. The highest BCUT2D eigenvalue weighted by Gasteiger charge is 2.25. The Balaban J connectivity index is 1.67. The predicted octanol–water partition coefficient (Wildman–Crippen LogP) is 5.15. The lowest BCUT2D eigenvalue weighted by atomic mass is 9.98. The lowest BCUT2D eigenvalue weighted by Crippen LogP contribution is -2.04. The summed E-state index contributed by atoms with van der Waals surface area (Å²) >= 11 is 0. The fourth-order valence-electron chi connectivity index (χ4n) is 4.24. The molecule has 1 aliphatic rings. The van der Waals surface area contributed by atoms with Gasteiger partial charge in [-0.1, -0.05) is 31.0 Å². The number of benzene rings is 2. The molecule has 150 valence electrons. The Kier molecular flexibility index (Phi) is 4.54. The van der Waals surface area contributed by atoms with Gasteiger partial charge in [0.05, 0.1) is 16.9 Å². The Morgan fingerprint density at radius 2 is 1.83 bits per heavy atom. The lowest BCUT2D eigenvalue weighted by Gasteiger charge is -2.07. The van der Waals surface area contributed by atoms with Gasteiger partial charge in [0.1, 0.15) is 11.6 Å². The molecule has 5 nitrogen and oxygen atoms in total. The van der Waals surface area contributed by atoms with Crippen molar-refractivity contribution >= 4 is 16.8 Å². The maximum atomic E-state index is 13.6. The fraction of sp³-hybridized carbons (Fsp3) is 0.208. The topological polar surface area (TPSA) is 68.0 Å². The molecule has 5 rings (SSSR count). The standard InChI is InChI=1S/C24H20FN3O2/c25-17-10-11-21(29)19(13-17)23(30)16-12-20-22(15-6-4-5-7-15)27-28(24(20)26-14-16)18-8-2-1-3-9-18/h1-3,8-15,29H,4-7H2. The molecule has 1 saturated carbocycles. The van der Waals surface area contributed by atoms with Crippen molar-refractivity contribution in [3.63, 3.8) is 0 Å². The van der Waals surface area contributed by atoms with E-state index in [0.717, 1.165) is 54.6 Å². The van der Waals surface area contributed by atoms with Crippen LogP contribution in [0.25, 0.3) is 16.7 Å². The third-order valence-electron chi connectivity index (χ3n) is 5.76. The molecule has 0 spiro atoms. The van der Waals surface area contributed by atoms with Gasteiger partial charge in [0.2, 0.25) is 0 Å². The molecule has 0 unspecified atom stereocenters. The number of aromatic nitrogens is 3. The summed E-state index contributed by atoms with van der Waals surface area (Å²) in [6.45, 7) is 0. The molecule has 4 aromatic rings. The zero-order valence-corrected chi connectivity index (χ0v) is 16.3. The van der Waals surface area contributed by atoms with Crippen LogP contribution in [0.5, 0.6) is 5.75 Å². The highest BCUT2D eigenvalue weighted by Crippen LogP contribution is 2.37. The Morgan fingerprint density at radius 1 is 1.07 bits per heavy atom. The summed E-state index contributed by atoms with van der Waals surface area (Å²) in [6.07, 6.45) is 5.91. The third-order valence-corrected chi connectivity index (χ3v) is 5.76. The van der Waals surface area contributed by atoms with Crippen molar-refractivity contribution in [2.75, 3.05) is 0 Å². The maximum absolute atomic E-state index is 13.6. The summed E-state index contributed by atoms with van der Waals surface area (Å²) in [6, 6.07) is 14.9. The molecule has 0 aliphatic heterocycles. The van der Waals surface area contributed by atoms with E-state index in [1.807, 2.05) is 35.0 Å². The van der Waals surface area contributed by atoms with Crippen LogP contribution in [0.4, 0.5) is 4.39 Å². The number of phenols is 1. The fourth-order valence-corrected chi connectivity index (χ4v) is 4.24. The zero-order chi connectivity index (χ0) is 20.7.